The van der Waals surface area contributed by atoms with E-state index in [4.69, 9.17) is 0 Å². The van der Waals surface area contributed by atoms with Gasteiger partial charge in [0.2, 0.25) is 0 Å². The quantitative estimate of drug-likeness (QED) is 0.472. The molecule has 1 fully saturated rings. The Kier molecular flexibility index (Phi) is 5.33. The molecule has 0 radical (unpaired) electrons. The smallest absolute Gasteiger partial charge is 0.282 e. The molecule has 1 unspecified atom stereocenters. The topological polar surface area (TPSA) is 63.5 Å². The highest BCUT2D eigenvalue weighted by molar-refractivity contribution is 9.09. The van der Waals surface area contributed by atoms with E-state index in [1.807, 2.05) is 6.92 Å². The van der Waals surface area contributed by atoms with Crippen molar-refractivity contribution in [3.8, 4) is 0 Å². The highest BCUT2D eigenvalue weighted by atomic mass is 79.9. The fourth-order valence-electron chi connectivity index (χ4n) is 2.74. The number of amides is 1. The Hall–Kier alpha value is -1.43. The van der Waals surface area contributed by atoms with Gasteiger partial charge in [0, 0.05) is 24.0 Å². The average Bonchev–Trinajstić information content (AvgIpc) is 2.71. The van der Waals surface area contributed by atoms with Crippen LogP contribution in [-0.4, -0.2) is 33.6 Å². The second-order valence-electron chi connectivity index (χ2n) is 5.43. The summed E-state index contributed by atoms with van der Waals surface area (Å²) in [6.45, 7) is 2.51. The van der Waals surface area contributed by atoms with Gasteiger partial charge in [0.25, 0.3) is 11.6 Å². The molecule has 0 aromatic heterocycles. The summed E-state index contributed by atoms with van der Waals surface area (Å²) in [5.74, 6) is -0.225. The van der Waals surface area contributed by atoms with Gasteiger partial charge in [-0.25, -0.2) is 0 Å². The van der Waals surface area contributed by atoms with Gasteiger partial charge in [-0.1, -0.05) is 34.8 Å². The molecule has 6 heteroatoms. The van der Waals surface area contributed by atoms with Crippen LogP contribution in [0.4, 0.5) is 5.69 Å². The molecule has 1 aromatic carbocycles. The summed E-state index contributed by atoms with van der Waals surface area (Å²) in [5.41, 5.74) is 0.949. The standard InChI is InChI=1S/C15H19BrN2O3/c1-11-6-7-14(18(20)21)13(9-11)15(19)17-8-4-2-3-5-12(17)10-16/h6-7,9,12H,2-5,8,10H2,1H3. The number of nitro groups is 1. The number of likely N-dealkylation sites (tertiary alicyclic amines) is 1. The lowest BCUT2D eigenvalue weighted by atomic mass is 10.1. The van der Waals surface area contributed by atoms with E-state index < -0.39 is 4.92 Å². The summed E-state index contributed by atoms with van der Waals surface area (Å²) in [4.78, 5) is 25.3. The maximum atomic E-state index is 12.8. The summed E-state index contributed by atoms with van der Waals surface area (Å²) < 4.78 is 0. The fraction of sp³-hybridized carbons (Fsp3) is 0.533. The predicted molar refractivity (Wildman–Crippen MR) is 84.9 cm³/mol. The predicted octanol–water partition coefficient (Wildman–Crippen LogP) is 3.68. The van der Waals surface area contributed by atoms with Crippen molar-refractivity contribution in [1.82, 2.24) is 4.90 Å². The molecule has 114 valence electrons. The number of rotatable bonds is 3. The van der Waals surface area contributed by atoms with Crippen LogP contribution >= 0.6 is 15.9 Å². The monoisotopic (exact) mass is 354 g/mol. The van der Waals surface area contributed by atoms with E-state index >= 15 is 0 Å². The zero-order valence-corrected chi connectivity index (χ0v) is 13.6. The summed E-state index contributed by atoms with van der Waals surface area (Å²) in [7, 11) is 0. The Morgan fingerprint density at radius 1 is 1.43 bits per heavy atom. The molecular weight excluding hydrogens is 336 g/mol. The van der Waals surface area contributed by atoms with E-state index in [1.54, 1.807) is 17.0 Å². The first-order valence-corrected chi connectivity index (χ1v) is 8.28. The second kappa shape index (κ2) is 7.02. The van der Waals surface area contributed by atoms with Crippen LogP contribution in [0.1, 0.15) is 41.6 Å². The van der Waals surface area contributed by atoms with Crippen LogP contribution < -0.4 is 0 Å². The molecule has 1 aliphatic heterocycles. The highest BCUT2D eigenvalue weighted by Crippen LogP contribution is 2.26. The number of carbonyl (C=O) groups is 1. The maximum Gasteiger partial charge on any atom is 0.282 e. The SMILES string of the molecule is Cc1ccc([N+](=O)[O-])c(C(=O)N2CCCCCC2CBr)c1. The number of halogens is 1. The Balaban J connectivity index is 2.37. The van der Waals surface area contributed by atoms with Gasteiger partial charge in [0.1, 0.15) is 5.56 Å². The number of carbonyl (C=O) groups excluding carboxylic acids is 1. The van der Waals surface area contributed by atoms with Crippen LogP contribution in [0.2, 0.25) is 0 Å². The second-order valence-corrected chi connectivity index (χ2v) is 6.08. The van der Waals surface area contributed by atoms with E-state index in [0.29, 0.717) is 11.9 Å². The highest BCUT2D eigenvalue weighted by Gasteiger charge is 2.29. The van der Waals surface area contributed by atoms with E-state index in [-0.39, 0.29) is 23.2 Å². The summed E-state index contributed by atoms with van der Waals surface area (Å²) in [5, 5.41) is 11.9. The van der Waals surface area contributed by atoms with Crippen LogP contribution in [0.3, 0.4) is 0 Å². The van der Waals surface area contributed by atoms with Crippen molar-refractivity contribution in [1.29, 1.82) is 0 Å². The fourth-order valence-corrected chi connectivity index (χ4v) is 3.41. The third kappa shape index (κ3) is 3.61. The molecule has 0 saturated carbocycles. The first-order valence-electron chi connectivity index (χ1n) is 7.16. The minimum absolute atomic E-state index is 0.108. The largest absolute Gasteiger partial charge is 0.335 e. The van der Waals surface area contributed by atoms with Gasteiger partial charge in [-0.05, 0) is 31.4 Å². The van der Waals surface area contributed by atoms with Gasteiger partial charge < -0.3 is 4.90 Å². The van der Waals surface area contributed by atoms with E-state index in [9.17, 15) is 14.9 Å². The number of benzene rings is 1. The lowest BCUT2D eigenvalue weighted by Gasteiger charge is -2.28. The van der Waals surface area contributed by atoms with Crippen LogP contribution in [0.15, 0.2) is 18.2 Å². The number of hydrogen-bond donors (Lipinski definition) is 0. The summed E-state index contributed by atoms with van der Waals surface area (Å²) >= 11 is 3.46. The van der Waals surface area contributed by atoms with Crippen molar-refractivity contribution in [2.24, 2.45) is 0 Å². The molecule has 1 heterocycles. The Morgan fingerprint density at radius 2 is 2.19 bits per heavy atom. The Bertz CT molecular complexity index is 548. The van der Waals surface area contributed by atoms with Crippen molar-refractivity contribution in [2.45, 2.75) is 38.6 Å². The molecule has 1 saturated heterocycles. The molecule has 1 atom stereocenters. The molecule has 0 N–H and O–H groups in total. The lowest BCUT2D eigenvalue weighted by molar-refractivity contribution is -0.385. The molecule has 1 aliphatic rings. The van der Waals surface area contributed by atoms with Gasteiger partial charge >= 0.3 is 0 Å². The minimum atomic E-state index is -0.479. The van der Waals surface area contributed by atoms with Crippen molar-refractivity contribution in [2.75, 3.05) is 11.9 Å². The van der Waals surface area contributed by atoms with E-state index in [0.717, 1.165) is 31.2 Å². The van der Waals surface area contributed by atoms with Gasteiger partial charge in [0.15, 0.2) is 0 Å². The molecule has 0 spiro atoms. The van der Waals surface area contributed by atoms with Crippen LogP contribution in [0, 0.1) is 17.0 Å². The van der Waals surface area contributed by atoms with Crippen molar-refractivity contribution >= 4 is 27.5 Å². The van der Waals surface area contributed by atoms with E-state index in [1.165, 1.54) is 6.07 Å². The molecule has 21 heavy (non-hydrogen) atoms. The van der Waals surface area contributed by atoms with Crippen molar-refractivity contribution < 1.29 is 9.72 Å². The van der Waals surface area contributed by atoms with Crippen molar-refractivity contribution in [3.05, 3.63) is 39.4 Å². The number of alkyl halides is 1. The molecule has 2 rings (SSSR count). The average molecular weight is 355 g/mol. The summed E-state index contributed by atoms with van der Waals surface area (Å²) in [6.07, 6.45) is 4.09. The zero-order valence-electron chi connectivity index (χ0n) is 12.0. The molecule has 5 nitrogen and oxygen atoms in total. The Morgan fingerprint density at radius 3 is 2.86 bits per heavy atom. The van der Waals surface area contributed by atoms with Gasteiger partial charge in [-0.3, -0.25) is 14.9 Å². The zero-order chi connectivity index (χ0) is 15.4. The lowest BCUT2D eigenvalue weighted by Crippen LogP contribution is -2.41. The molecular formula is C15H19BrN2O3. The first-order chi connectivity index (χ1) is 10.0. The maximum absolute atomic E-state index is 12.8. The van der Waals surface area contributed by atoms with E-state index in [2.05, 4.69) is 15.9 Å². The van der Waals surface area contributed by atoms with Crippen LogP contribution in [0.5, 0.6) is 0 Å². The summed E-state index contributed by atoms with van der Waals surface area (Å²) in [6, 6.07) is 4.82. The van der Waals surface area contributed by atoms with Crippen LogP contribution in [-0.2, 0) is 0 Å². The third-order valence-electron chi connectivity index (χ3n) is 3.90. The number of nitrogens with zero attached hydrogens (tertiary/aromatic N) is 2. The number of nitro benzene ring substituents is 1. The van der Waals surface area contributed by atoms with Gasteiger partial charge in [0.05, 0.1) is 4.92 Å². The van der Waals surface area contributed by atoms with Crippen LogP contribution in [0.25, 0.3) is 0 Å². The Labute approximate surface area is 132 Å². The molecule has 1 amide bonds. The van der Waals surface area contributed by atoms with Gasteiger partial charge in [-0.15, -0.1) is 0 Å². The normalized spacial score (nSPS) is 19.1. The first kappa shape index (κ1) is 15.9. The van der Waals surface area contributed by atoms with Crippen molar-refractivity contribution in [3.63, 3.8) is 0 Å². The molecule has 0 bridgehead atoms. The number of hydrogen-bond acceptors (Lipinski definition) is 3. The number of aryl methyl sites for hydroxylation is 1. The van der Waals surface area contributed by atoms with Gasteiger partial charge in [-0.2, -0.15) is 0 Å². The molecule has 1 aromatic rings. The molecule has 0 aliphatic carbocycles. The third-order valence-corrected chi connectivity index (χ3v) is 4.64. The minimum Gasteiger partial charge on any atom is -0.335 e.